The molecule has 0 saturated carbocycles. The maximum absolute atomic E-state index is 2.31. The van der Waals surface area contributed by atoms with Crippen LogP contribution in [0.1, 0.15) is 0 Å². The van der Waals surface area contributed by atoms with E-state index >= 15 is 0 Å². The smallest absolute Gasteiger partial charge is 0.0734 e. The van der Waals surface area contributed by atoms with Crippen LogP contribution in [0.5, 0.6) is 0 Å². The summed E-state index contributed by atoms with van der Waals surface area (Å²) < 4.78 is 2.69. The summed E-state index contributed by atoms with van der Waals surface area (Å²) in [6, 6.07) is 6.26. The molecular formula is C5H3I2-. The van der Waals surface area contributed by atoms with E-state index in [-0.39, 0.29) is 0 Å². The van der Waals surface area contributed by atoms with Crippen molar-refractivity contribution in [1.82, 2.24) is 0 Å². The van der Waals surface area contributed by atoms with Crippen LogP contribution in [0.4, 0.5) is 0 Å². The first-order valence-electron chi connectivity index (χ1n) is 1.87. The van der Waals surface area contributed by atoms with Gasteiger partial charge in [-0.3, -0.25) is 0 Å². The van der Waals surface area contributed by atoms with Gasteiger partial charge in [0.15, 0.2) is 0 Å². The van der Waals surface area contributed by atoms with E-state index in [0.29, 0.717) is 0 Å². The molecule has 0 fully saturated rings. The molecule has 7 heavy (non-hydrogen) atoms. The van der Waals surface area contributed by atoms with E-state index in [1.54, 1.807) is 0 Å². The van der Waals surface area contributed by atoms with Crippen molar-refractivity contribution in [3.05, 3.63) is 25.3 Å². The Morgan fingerprint density at radius 1 is 1.57 bits per heavy atom. The monoisotopic (exact) mass is 317 g/mol. The molecule has 0 saturated heterocycles. The van der Waals surface area contributed by atoms with Gasteiger partial charge >= 0.3 is 0 Å². The predicted molar refractivity (Wildman–Crippen MR) is 47.5 cm³/mol. The third-order valence-corrected chi connectivity index (χ3v) is 3.63. The van der Waals surface area contributed by atoms with Gasteiger partial charge in [0, 0.05) is 0 Å². The lowest BCUT2D eigenvalue weighted by atomic mass is 10.7. The fourth-order valence-electron chi connectivity index (χ4n) is 0.376. The van der Waals surface area contributed by atoms with Crippen LogP contribution in [0.3, 0.4) is 0 Å². The Bertz CT molecular complexity index is 138. The van der Waals surface area contributed by atoms with Crippen LogP contribution in [0.15, 0.2) is 18.2 Å². The van der Waals surface area contributed by atoms with Gasteiger partial charge in [-0.15, -0.1) is 22.6 Å². The lowest BCUT2D eigenvalue weighted by molar-refractivity contribution is 1.78. The Kier molecular flexibility index (Phi) is 2.03. The van der Waals surface area contributed by atoms with Crippen molar-refractivity contribution in [1.29, 1.82) is 0 Å². The predicted octanol–water partition coefficient (Wildman–Crippen LogP) is 2.61. The van der Waals surface area contributed by atoms with Gasteiger partial charge in [0.1, 0.15) is 0 Å². The summed E-state index contributed by atoms with van der Waals surface area (Å²) in [5.74, 6) is 0. The van der Waals surface area contributed by atoms with Crippen molar-refractivity contribution >= 4 is 45.2 Å². The van der Waals surface area contributed by atoms with E-state index in [4.69, 9.17) is 0 Å². The molecule has 0 bridgehead atoms. The van der Waals surface area contributed by atoms with E-state index in [2.05, 4.69) is 63.4 Å². The minimum atomic E-state index is 1.35. The zero-order chi connectivity index (χ0) is 5.28. The quantitative estimate of drug-likeness (QED) is 0.510. The normalized spacial score (nSPS) is 9.43. The van der Waals surface area contributed by atoms with Gasteiger partial charge in [0.2, 0.25) is 0 Å². The Balaban J connectivity index is 3.12. The van der Waals surface area contributed by atoms with Crippen LogP contribution in [0, 0.1) is 7.14 Å². The number of rotatable bonds is 0. The second-order valence-electron chi connectivity index (χ2n) is 1.22. The van der Waals surface area contributed by atoms with E-state index in [9.17, 15) is 0 Å². The summed E-state index contributed by atoms with van der Waals surface area (Å²) >= 11 is 4.62. The highest BCUT2D eigenvalue weighted by molar-refractivity contribution is 14.1. The molecule has 1 rings (SSSR count). The maximum Gasteiger partial charge on any atom is -0.0734 e. The van der Waals surface area contributed by atoms with Gasteiger partial charge in [0.25, 0.3) is 0 Å². The highest BCUT2D eigenvalue weighted by Crippen LogP contribution is 2.14. The third-order valence-electron chi connectivity index (χ3n) is 0.713. The lowest BCUT2D eigenvalue weighted by Crippen LogP contribution is -1.60. The Labute approximate surface area is 69.9 Å². The molecule has 0 heterocycles. The molecule has 1 aromatic carbocycles. The molecule has 0 aliphatic carbocycles. The summed E-state index contributed by atoms with van der Waals surface area (Å²) in [6.45, 7) is 0. The second-order valence-corrected chi connectivity index (χ2v) is 3.55. The van der Waals surface area contributed by atoms with Crippen LogP contribution in [-0.4, -0.2) is 0 Å². The van der Waals surface area contributed by atoms with Crippen LogP contribution in [-0.2, 0) is 0 Å². The number of halogens is 2. The van der Waals surface area contributed by atoms with Crippen molar-refractivity contribution in [2.75, 3.05) is 0 Å². The highest BCUT2D eigenvalue weighted by atomic mass is 127. The Morgan fingerprint density at radius 3 is 2.43 bits per heavy atom. The van der Waals surface area contributed by atoms with E-state index in [0.717, 1.165) is 0 Å². The molecule has 0 aromatic heterocycles. The molecule has 1 aromatic rings. The second kappa shape index (κ2) is 2.39. The molecule has 0 N–H and O–H groups in total. The summed E-state index contributed by atoms with van der Waals surface area (Å²) in [6.07, 6.45) is 0. The summed E-state index contributed by atoms with van der Waals surface area (Å²) in [5.41, 5.74) is 0. The fraction of sp³-hybridized carbons (Fsp3) is 0. The Morgan fingerprint density at radius 2 is 2.29 bits per heavy atom. The van der Waals surface area contributed by atoms with Crippen LogP contribution >= 0.6 is 45.2 Å². The van der Waals surface area contributed by atoms with E-state index in [1.807, 2.05) is 0 Å². The van der Waals surface area contributed by atoms with Crippen molar-refractivity contribution in [2.24, 2.45) is 0 Å². The molecular weight excluding hydrogens is 314 g/mol. The zero-order valence-electron chi connectivity index (χ0n) is 3.49. The average molecular weight is 317 g/mol. The van der Waals surface area contributed by atoms with E-state index in [1.165, 1.54) is 7.14 Å². The van der Waals surface area contributed by atoms with Crippen molar-refractivity contribution in [3.63, 3.8) is 0 Å². The zero-order valence-corrected chi connectivity index (χ0v) is 7.80. The van der Waals surface area contributed by atoms with Gasteiger partial charge in [0.05, 0.1) is 0 Å². The van der Waals surface area contributed by atoms with Crippen LogP contribution < -0.4 is 0 Å². The fourth-order valence-corrected chi connectivity index (χ4v) is 1.15. The largest absolute Gasteiger partial charge is 0.212 e. The van der Waals surface area contributed by atoms with Crippen molar-refractivity contribution in [2.45, 2.75) is 0 Å². The van der Waals surface area contributed by atoms with Gasteiger partial charge in [-0.2, -0.15) is 12.1 Å². The molecule has 0 nitrogen and oxygen atoms in total. The minimum Gasteiger partial charge on any atom is -0.212 e. The van der Waals surface area contributed by atoms with Gasteiger partial charge in [-0.25, -0.2) is 6.07 Å². The molecule has 0 radical (unpaired) electrons. The molecule has 0 unspecified atom stereocenters. The van der Waals surface area contributed by atoms with E-state index < -0.39 is 0 Å². The highest BCUT2D eigenvalue weighted by Gasteiger charge is 1.78. The third kappa shape index (κ3) is 1.35. The average Bonchev–Trinajstić information content (AvgIpc) is 1.91. The first-order valence-corrected chi connectivity index (χ1v) is 4.03. The number of hydrogen-bond donors (Lipinski definition) is 0. The molecule has 0 aliphatic heterocycles. The first-order chi connectivity index (χ1) is 3.30. The molecule has 0 amide bonds. The lowest BCUT2D eigenvalue weighted by Gasteiger charge is -1.87. The summed E-state index contributed by atoms with van der Waals surface area (Å²) in [4.78, 5) is 0. The summed E-state index contributed by atoms with van der Waals surface area (Å²) in [5, 5.41) is 0. The first kappa shape index (κ1) is 5.94. The minimum absolute atomic E-state index is 1.35. The van der Waals surface area contributed by atoms with Crippen LogP contribution in [0.25, 0.3) is 0 Å². The SMILES string of the molecule is Ic1ccc[c-]1I. The molecule has 0 spiro atoms. The van der Waals surface area contributed by atoms with Gasteiger partial charge in [-0.05, 0) is 0 Å². The van der Waals surface area contributed by atoms with Gasteiger partial charge in [-0.1, -0.05) is 29.7 Å². The number of hydrogen-bond acceptors (Lipinski definition) is 0. The molecule has 0 aliphatic rings. The molecule has 2 heteroatoms. The van der Waals surface area contributed by atoms with Crippen molar-refractivity contribution in [3.8, 4) is 0 Å². The maximum atomic E-state index is 2.31. The standard InChI is InChI=1S/C5H3I2/c6-4-2-1-3-5(4)7/h1-3H/q-1. The summed E-state index contributed by atoms with van der Waals surface area (Å²) in [7, 11) is 0. The van der Waals surface area contributed by atoms with Crippen molar-refractivity contribution < 1.29 is 0 Å². The van der Waals surface area contributed by atoms with Gasteiger partial charge < -0.3 is 0 Å². The van der Waals surface area contributed by atoms with Crippen LogP contribution in [0.2, 0.25) is 0 Å². The topological polar surface area (TPSA) is 0 Å². The molecule has 38 valence electrons. The molecule has 0 atom stereocenters. The Hall–Kier alpha value is 0.810.